The number of likely N-dealkylation sites (tertiary alicyclic amines) is 1. The van der Waals surface area contributed by atoms with Crippen LogP contribution in [0.1, 0.15) is 58.8 Å². The minimum Gasteiger partial charge on any atom is -0.389 e. The first kappa shape index (κ1) is 17.3. The zero-order valence-corrected chi connectivity index (χ0v) is 15.8. The number of rotatable bonds is 6. The van der Waals surface area contributed by atoms with Gasteiger partial charge in [-0.3, -0.25) is 0 Å². The molecule has 5 aliphatic rings. The number of aliphatic hydroxyl groups is 1. The van der Waals surface area contributed by atoms with Crippen molar-refractivity contribution in [3.05, 3.63) is 0 Å². The molecule has 1 aliphatic heterocycles. The number of piperidine rings is 1. The van der Waals surface area contributed by atoms with E-state index >= 15 is 0 Å². The fraction of sp³-hybridized carbons (Fsp3) is 1.00. The lowest BCUT2D eigenvalue weighted by Crippen LogP contribution is -2.48. The van der Waals surface area contributed by atoms with Crippen LogP contribution in [-0.2, 0) is 4.74 Å². The molecule has 1 N–H and O–H groups in total. The average Bonchev–Trinajstić information content (AvgIpc) is 2.44. The summed E-state index contributed by atoms with van der Waals surface area (Å²) in [5, 5.41) is 10.4. The van der Waals surface area contributed by atoms with Gasteiger partial charge < -0.3 is 14.7 Å². The predicted octanol–water partition coefficient (Wildman–Crippen LogP) is 3.56. The van der Waals surface area contributed by atoms with Gasteiger partial charge in [0, 0.05) is 19.6 Å². The molecule has 0 radical (unpaired) electrons. The van der Waals surface area contributed by atoms with Crippen molar-refractivity contribution in [3.63, 3.8) is 0 Å². The molecule has 0 amide bonds. The molecule has 0 aromatic carbocycles. The van der Waals surface area contributed by atoms with E-state index in [-0.39, 0.29) is 6.10 Å². The normalized spacial score (nSPS) is 46.4. The molecule has 0 unspecified atom stereocenters. The second-order valence-corrected chi connectivity index (χ2v) is 10.3. The van der Waals surface area contributed by atoms with Crippen LogP contribution in [0.15, 0.2) is 0 Å². The summed E-state index contributed by atoms with van der Waals surface area (Å²) in [6.07, 6.45) is 9.68. The van der Waals surface area contributed by atoms with Crippen LogP contribution in [0, 0.1) is 35.0 Å². The van der Waals surface area contributed by atoms with E-state index in [0.717, 1.165) is 55.8 Å². The maximum Gasteiger partial charge on any atom is 0.0900 e. The molecule has 4 bridgehead atoms. The molecule has 24 heavy (non-hydrogen) atoms. The minimum atomic E-state index is -0.323. The van der Waals surface area contributed by atoms with E-state index in [4.69, 9.17) is 4.74 Å². The van der Waals surface area contributed by atoms with Crippen molar-refractivity contribution in [2.75, 3.05) is 32.8 Å². The second-order valence-electron chi connectivity index (χ2n) is 10.3. The van der Waals surface area contributed by atoms with Gasteiger partial charge in [-0.05, 0) is 80.0 Å². The van der Waals surface area contributed by atoms with Crippen LogP contribution < -0.4 is 0 Å². The zero-order valence-electron chi connectivity index (χ0n) is 15.8. The molecule has 4 saturated carbocycles. The van der Waals surface area contributed by atoms with Crippen molar-refractivity contribution < 1.29 is 9.84 Å². The summed E-state index contributed by atoms with van der Waals surface area (Å²) in [6.45, 7) is 9.15. The molecule has 0 aromatic rings. The molecule has 1 heterocycles. The third-order valence-electron chi connectivity index (χ3n) is 7.30. The molecule has 0 aromatic heterocycles. The van der Waals surface area contributed by atoms with E-state index in [0.29, 0.717) is 12.0 Å². The van der Waals surface area contributed by atoms with Gasteiger partial charge in [-0.25, -0.2) is 0 Å². The first-order valence-corrected chi connectivity index (χ1v) is 10.5. The smallest absolute Gasteiger partial charge is 0.0900 e. The zero-order chi connectivity index (χ0) is 16.7. The average molecular weight is 336 g/mol. The first-order chi connectivity index (χ1) is 11.5. The van der Waals surface area contributed by atoms with Crippen LogP contribution in [-0.4, -0.2) is 49.0 Å². The van der Waals surface area contributed by atoms with Crippen LogP contribution in [0.2, 0.25) is 0 Å². The van der Waals surface area contributed by atoms with Crippen molar-refractivity contribution in [2.45, 2.75) is 64.9 Å². The highest BCUT2D eigenvalue weighted by Gasteiger charge is 2.50. The topological polar surface area (TPSA) is 32.7 Å². The van der Waals surface area contributed by atoms with Gasteiger partial charge in [-0.1, -0.05) is 13.8 Å². The van der Waals surface area contributed by atoms with Crippen LogP contribution in [0.3, 0.4) is 0 Å². The molecule has 3 nitrogen and oxygen atoms in total. The number of aliphatic hydroxyl groups excluding tert-OH is 1. The fourth-order valence-corrected chi connectivity index (χ4v) is 7.17. The van der Waals surface area contributed by atoms with Crippen molar-refractivity contribution in [1.29, 1.82) is 0 Å². The second kappa shape index (κ2) is 6.89. The Balaban J connectivity index is 1.21. The number of hydrogen-bond acceptors (Lipinski definition) is 3. The first-order valence-electron chi connectivity index (χ1n) is 10.5. The number of hydrogen-bond donors (Lipinski definition) is 1. The van der Waals surface area contributed by atoms with E-state index in [1.54, 1.807) is 0 Å². The molecule has 1 saturated heterocycles. The molecular weight excluding hydrogens is 298 g/mol. The summed E-state index contributed by atoms with van der Waals surface area (Å²) in [5.41, 5.74) is 0.475. The Morgan fingerprint density at radius 2 is 1.50 bits per heavy atom. The quantitative estimate of drug-likeness (QED) is 0.805. The third-order valence-corrected chi connectivity index (χ3v) is 7.30. The highest BCUT2D eigenvalue weighted by Crippen LogP contribution is 2.60. The van der Waals surface area contributed by atoms with Gasteiger partial charge >= 0.3 is 0 Å². The largest absolute Gasteiger partial charge is 0.389 e. The fourth-order valence-electron chi connectivity index (χ4n) is 7.17. The van der Waals surface area contributed by atoms with E-state index in [9.17, 15) is 5.11 Å². The lowest BCUT2D eigenvalue weighted by molar-refractivity contribution is -0.107. The summed E-state index contributed by atoms with van der Waals surface area (Å²) >= 11 is 0. The molecule has 5 fully saturated rings. The summed E-state index contributed by atoms with van der Waals surface area (Å²) in [4.78, 5) is 2.44. The molecule has 5 rings (SSSR count). The Hall–Kier alpha value is -0.120. The van der Waals surface area contributed by atoms with Gasteiger partial charge in [0.1, 0.15) is 0 Å². The molecule has 3 atom stereocenters. The monoisotopic (exact) mass is 335 g/mol. The number of β-amino-alcohol motifs (C(OH)–C–C–N with tert-alkyl or cyclic N) is 1. The standard InChI is InChI=1S/C21H37NO2/c1-15-3-16(2)11-22(10-15)12-20(23)13-24-14-21-7-17-4-18(8-21)6-19(5-17)9-21/h15-20,23H,3-14H2,1-2H3/t15-,16-,17?,18?,19?,20-,21?/m1/s1. The van der Waals surface area contributed by atoms with Crippen molar-refractivity contribution in [2.24, 2.45) is 35.0 Å². The van der Waals surface area contributed by atoms with Gasteiger partial charge in [0.25, 0.3) is 0 Å². The van der Waals surface area contributed by atoms with Gasteiger partial charge in [-0.2, -0.15) is 0 Å². The molecule has 138 valence electrons. The van der Waals surface area contributed by atoms with E-state index in [1.165, 1.54) is 44.9 Å². The molecular formula is C21H37NO2. The lowest BCUT2D eigenvalue weighted by atomic mass is 9.50. The number of ether oxygens (including phenoxy) is 1. The summed E-state index contributed by atoms with van der Waals surface area (Å²) < 4.78 is 6.10. The molecule has 0 spiro atoms. The van der Waals surface area contributed by atoms with E-state index in [2.05, 4.69) is 18.7 Å². The van der Waals surface area contributed by atoms with E-state index < -0.39 is 0 Å². The summed E-state index contributed by atoms with van der Waals surface area (Å²) in [7, 11) is 0. The molecule has 4 aliphatic carbocycles. The Morgan fingerprint density at radius 1 is 0.958 bits per heavy atom. The van der Waals surface area contributed by atoms with E-state index in [1.807, 2.05) is 0 Å². The number of nitrogens with zero attached hydrogens (tertiary/aromatic N) is 1. The van der Waals surface area contributed by atoms with Gasteiger partial charge in [0.15, 0.2) is 0 Å². The predicted molar refractivity (Wildman–Crippen MR) is 96.8 cm³/mol. The van der Waals surface area contributed by atoms with Gasteiger partial charge in [0.05, 0.1) is 19.3 Å². The van der Waals surface area contributed by atoms with Crippen molar-refractivity contribution in [1.82, 2.24) is 4.90 Å². The lowest BCUT2D eigenvalue weighted by Gasteiger charge is -2.56. The summed E-state index contributed by atoms with van der Waals surface area (Å²) in [6, 6.07) is 0. The Morgan fingerprint density at radius 3 is 2.04 bits per heavy atom. The van der Waals surface area contributed by atoms with Crippen molar-refractivity contribution in [3.8, 4) is 0 Å². The highest BCUT2D eigenvalue weighted by molar-refractivity contribution is 5.01. The summed E-state index contributed by atoms with van der Waals surface area (Å²) in [5.74, 6) is 4.48. The van der Waals surface area contributed by atoms with Gasteiger partial charge in [0.2, 0.25) is 0 Å². The maximum absolute atomic E-state index is 10.4. The Kier molecular flexibility index (Phi) is 4.96. The van der Waals surface area contributed by atoms with Crippen LogP contribution in [0.25, 0.3) is 0 Å². The van der Waals surface area contributed by atoms with Gasteiger partial charge in [-0.15, -0.1) is 0 Å². The van der Waals surface area contributed by atoms with Crippen LogP contribution in [0.5, 0.6) is 0 Å². The SMILES string of the molecule is C[C@@H]1C[C@@H](C)CN(C[C@@H](O)COCC23CC4CC(CC(C4)C2)C3)C1. The van der Waals surface area contributed by atoms with Crippen LogP contribution >= 0.6 is 0 Å². The molecule has 3 heteroatoms. The Bertz CT molecular complexity index is 392. The maximum atomic E-state index is 10.4. The third kappa shape index (κ3) is 3.83. The van der Waals surface area contributed by atoms with Crippen LogP contribution in [0.4, 0.5) is 0 Å². The minimum absolute atomic E-state index is 0.323. The van der Waals surface area contributed by atoms with Crippen molar-refractivity contribution >= 4 is 0 Å². The Labute approximate surface area is 148 Å². The highest BCUT2D eigenvalue weighted by atomic mass is 16.5.